The summed E-state index contributed by atoms with van der Waals surface area (Å²) in [6.07, 6.45) is 6.03. The fraction of sp³-hybridized carbons (Fsp3) is 0.276. The smallest absolute Gasteiger partial charge is 0.306 e. The lowest BCUT2D eigenvalue weighted by atomic mass is 9.86. The molecule has 0 radical (unpaired) electrons. The molecule has 40 heavy (non-hydrogen) atoms. The van der Waals surface area contributed by atoms with Crippen molar-refractivity contribution in [1.82, 2.24) is 30.8 Å². The lowest BCUT2D eigenvalue weighted by Gasteiger charge is -2.27. The molecule has 1 atom stereocenters. The minimum atomic E-state index is -0.687. The highest BCUT2D eigenvalue weighted by atomic mass is 19.1. The summed E-state index contributed by atoms with van der Waals surface area (Å²) < 4.78 is 16.1. The van der Waals surface area contributed by atoms with E-state index in [0.29, 0.717) is 24.0 Å². The van der Waals surface area contributed by atoms with Crippen molar-refractivity contribution in [3.8, 4) is 16.9 Å². The van der Waals surface area contributed by atoms with Crippen molar-refractivity contribution in [2.75, 3.05) is 0 Å². The first kappa shape index (κ1) is 25.8. The van der Waals surface area contributed by atoms with Crippen LogP contribution in [0.5, 0.6) is 0 Å². The molecule has 1 aliphatic carbocycles. The maximum Gasteiger partial charge on any atom is 0.306 e. The van der Waals surface area contributed by atoms with Gasteiger partial charge in [0.25, 0.3) is 5.90 Å². The number of aliphatic imine (C=N–C) groups is 1. The van der Waals surface area contributed by atoms with Gasteiger partial charge < -0.3 is 15.3 Å². The minimum Gasteiger partial charge on any atom is -0.481 e. The molecule has 2 aromatic carbocycles. The number of hydrogen-bond acceptors (Lipinski definition) is 8. The van der Waals surface area contributed by atoms with Crippen molar-refractivity contribution in [1.29, 1.82) is 0 Å². The Labute approximate surface area is 229 Å². The Bertz CT molecular complexity index is 1520. The highest BCUT2D eigenvalue weighted by molar-refractivity contribution is 5.98. The van der Waals surface area contributed by atoms with Crippen molar-refractivity contribution < 1.29 is 19.1 Å². The molecule has 1 saturated carbocycles. The van der Waals surface area contributed by atoms with Gasteiger partial charge in [-0.3, -0.25) is 9.78 Å². The summed E-state index contributed by atoms with van der Waals surface area (Å²) in [6.45, 7) is 0.709. The summed E-state index contributed by atoms with van der Waals surface area (Å²) in [6, 6.07) is 18.3. The van der Waals surface area contributed by atoms with E-state index >= 15 is 0 Å². The summed E-state index contributed by atoms with van der Waals surface area (Å²) >= 11 is 0. The minimum absolute atomic E-state index is 0.214. The molecule has 0 saturated heterocycles. The number of hydrogen-bond donors (Lipinski definition) is 3. The van der Waals surface area contributed by atoms with Crippen LogP contribution in [0.4, 0.5) is 4.39 Å². The van der Waals surface area contributed by atoms with Crippen LogP contribution in [-0.2, 0) is 16.2 Å². The Morgan fingerprint density at radius 1 is 1.05 bits per heavy atom. The fourth-order valence-corrected chi connectivity index (χ4v) is 5.14. The maximum atomic E-state index is 14.7. The van der Waals surface area contributed by atoms with E-state index < -0.39 is 18.0 Å². The average Bonchev–Trinajstić information content (AvgIpc) is 3.65. The van der Waals surface area contributed by atoms with Gasteiger partial charge in [0, 0.05) is 30.5 Å². The van der Waals surface area contributed by atoms with Crippen LogP contribution in [0.1, 0.15) is 48.7 Å². The second-order valence-electron chi connectivity index (χ2n) is 9.95. The number of carbonyl (C=O) groups is 1. The number of carboxylic acids is 1. The van der Waals surface area contributed by atoms with Crippen LogP contribution in [0.15, 0.2) is 78.0 Å². The molecule has 1 unspecified atom stereocenters. The Balaban J connectivity index is 1.18. The van der Waals surface area contributed by atoms with Gasteiger partial charge >= 0.3 is 5.97 Å². The van der Waals surface area contributed by atoms with Crippen molar-refractivity contribution >= 4 is 11.9 Å². The lowest BCUT2D eigenvalue weighted by Crippen LogP contribution is -2.34. The lowest BCUT2D eigenvalue weighted by molar-refractivity contribution is -0.142. The largest absolute Gasteiger partial charge is 0.481 e. The molecule has 1 fully saturated rings. The normalized spacial score (nSPS) is 20.6. The fourth-order valence-electron chi connectivity index (χ4n) is 5.14. The first-order chi connectivity index (χ1) is 19.6. The molecule has 0 bridgehead atoms. The van der Waals surface area contributed by atoms with Gasteiger partial charge in [-0.2, -0.15) is 0 Å². The zero-order valence-electron chi connectivity index (χ0n) is 21.6. The SMILES string of the molecule is O=C(O)[C@H]1CC[C@H](NCc2ccc(C3N=C(c4nnn(-c5ccccc5F)c4-c4ccncc4)ON3)cc2)CC1. The quantitative estimate of drug-likeness (QED) is 0.303. The first-order valence-electron chi connectivity index (χ1n) is 13.2. The van der Waals surface area contributed by atoms with Crippen LogP contribution in [0.25, 0.3) is 16.9 Å². The second-order valence-corrected chi connectivity index (χ2v) is 9.95. The van der Waals surface area contributed by atoms with Gasteiger partial charge in [-0.25, -0.2) is 14.1 Å². The molecule has 10 nitrogen and oxygen atoms in total. The highest BCUT2D eigenvalue weighted by Crippen LogP contribution is 2.30. The Morgan fingerprint density at radius 2 is 1.80 bits per heavy atom. The van der Waals surface area contributed by atoms with Crippen molar-refractivity contribution in [2.45, 2.75) is 44.4 Å². The molecule has 3 N–H and O–H groups in total. The van der Waals surface area contributed by atoms with E-state index in [1.807, 2.05) is 24.3 Å². The summed E-state index contributed by atoms with van der Waals surface area (Å²) in [5, 5.41) is 21.3. The number of pyridine rings is 1. The van der Waals surface area contributed by atoms with Gasteiger partial charge in [-0.15, -0.1) is 10.6 Å². The average molecular weight is 542 g/mol. The van der Waals surface area contributed by atoms with E-state index in [-0.39, 0.29) is 17.5 Å². The highest BCUT2D eigenvalue weighted by Gasteiger charge is 2.29. The third-order valence-electron chi connectivity index (χ3n) is 7.39. The third kappa shape index (κ3) is 5.33. The van der Waals surface area contributed by atoms with Gasteiger partial charge in [0.15, 0.2) is 11.9 Å². The van der Waals surface area contributed by atoms with E-state index in [9.17, 15) is 14.3 Å². The van der Waals surface area contributed by atoms with E-state index in [1.54, 1.807) is 42.7 Å². The number of rotatable bonds is 8. The van der Waals surface area contributed by atoms with Gasteiger partial charge in [-0.1, -0.05) is 41.6 Å². The number of halogens is 1. The third-order valence-corrected chi connectivity index (χ3v) is 7.39. The predicted molar refractivity (Wildman–Crippen MR) is 145 cm³/mol. The van der Waals surface area contributed by atoms with E-state index in [4.69, 9.17) is 9.83 Å². The van der Waals surface area contributed by atoms with Crippen LogP contribution < -0.4 is 10.8 Å². The molecule has 4 aromatic rings. The standard InChI is InChI=1S/C29H28FN7O3/c30-23-3-1-2-4-24(23)37-26(19-13-15-31-16-14-19)25(34-36-37)28-33-27(35-40-28)20-7-5-18(6-8-20)17-32-22-11-9-21(10-12-22)29(38)39/h1-8,13-16,21-22,27,32,35H,9-12,17H2,(H,38,39)/t21-,22-,27?. The molecule has 11 heteroatoms. The molecule has 0 amide bonds. The molecular weight excluding hydrogens is 513 g/mol. The topological polar surface area (TPSA) is 127 Å². The zero-order valence-corrected chi connectivity index (χ0v) is 21.6. The molecule has 0 spiro atoms. The molecule has 3 heterocycles. The van der Waals surface area contributed by atoms with Crippen molar-refractivity contribution in [3.05, 3.63) is 95.7 Å². The molecular formula is C29H28FN7O3. The summed E-state index contributed by atoms with van der Waals surface area (Å²) in [7, 11) is 0. The number of hydroxylamine groups is 1. The van der Waals surface area contributed by atoms with Crippen LogP contribution in [-0.4, -0.2) is 43.0 Å². The van der Waals surface area contributed by atoms with Gasteiger partial charge in [-0.05, 0) is 61.1 Å². The van der Waals surface area contributed by atoms with E-state index in [0.717, 1.165) is 42.4 Å². The number of nitrogens with zero attached hydrogens (tertiary/aromatic N) is 5. The number of benzene rings is 2. The van der Waals surface area contributed by atoms with Gasteiger partial charge in [0.05, 0.1) is 5.92 Å². The Morgan fingerprint density at radius 3 is 2.52 bits per heavy atom. The number of para-hydroxylation sites is 1. The number of nitrogens with one attached hydrogen (secondary N) is 2. The van der Waals surface area contributed by atoms with Crippen LogP contribution >= 0.6 is 0 Å². The monoisotopic (exact) mass is 541 g/mol. The molecule has 6 rings (SSSR count). The van der Waals surface area contributed by atoms with Crippen LogP contribution in [0, 0.1) is 11.7 Å². The van der Waals surface area contributed by atoms with Crippen LogP contribution in [0.2, 0.25) is 0 Å². The Hall–Kier alpha value is -4.48. The van der Waals surface area contributed by atoms with E-state index in [2.05, 4.69) is 26.1 Å². The first-order valence-corrected chi connectivity index (χ1v) is 13.2. The maximum absolute atomic E-state index is 14.7. The van der Waals surface area contributed by atoms with E-state index in [1.165, 1.54) is 10.7 Å². The number of carboxylic acid groups (broad SMARTS) is 1. The molecule has 2 aliphatic rings. The van der Waals surface area contributed by atoms with Gasteiger partial charge in [0.1, 0.15) is 17.2 Å². The molecule has 2 aromatic heterocycles. The molecule has 204 valence electrons. The Kier molecular flexibility index (Phi) is 7.30. The zero-order chi connectivity index (χ0) is 27.5. The number of aliphatic carboxylic acids is 1. The number of aromatic nitrogens is 4. The van der Waals surface area contributed by atoms with Crippen molar-refractivity contribution in [2.24, 2.45) is 10.9 Å². The summed E-state index contributed by atoms with van der Waals surface area (Å²) in [5.74, 6) is -1.08. The van der Waals surface area contributed by atoms with Crippen LogP contribution in [0.3, 0.4) is 0 Å². The predicted octanol–water partition coefficient (Wildman–Crippen LogP) is 4.18. The summed E-state index contributed by atoms with van der Waals surface area (Å²) in [4.78, 5) is 25.7. The summed E-state index contributed by atoms with van der Waals surface area (Å²) in [5.41, 5.74) is 6.89. The van der Waals surface area contributed by atoms with Crippen molar-refractivity contribution in [3.63, 3.8) is 0 Å². The molecule has 1 aliphatic heterocycles. The van der Waals surface area contributed by atoms with Gasteiger partial charge in [0.2, 0.25) is 0 Å². The second kappa shape index (κ2) is 11.3.